The van der Waals surface area contributed by atoms with Gasteiger partial charge in [0.15, 0.2) is 0 Å². The van der Waals surface area contributed by atoms with Crippen molar-refractivity contribution in [1.82, 2.24) is 0 Å². The van der Waals surface area contributed by atoms with Gasteiger partial charge in [0.25, 0.3) is 0 Å². The Balaban J connectivity index is 2.29. The lowest BCUT2D eigenvalue weighted by Gasteiger charge is -2.45. The molecule has 1 fully saturated rings. The molecular weight excluding hydrogens is 292 g/mol. The van der Waals surface area contributed by atoms with Crippen LogP contribution >= 0.6 is 0 Å². The van der Waals surface area contributed by atoms with Gasteiger partial charge >= 0.3 is 11.9 Å². The molecule has 0 saturated heterocycles. The second kappa shape index (κ2) is 7.06. The fourth-order valence-electron chi connectivity index (χ4n) is 3.58. The Hall–Kier alpha value is -1.32. The molecule has 0 aromatic rings. The molecule has 4 heteroatoms. The lowest BCUT2D eigenvalue weighted by atomic mass is 9.58. The van der Waals surface area contributed by atoms with E-state index in [-0.39, 0.29) is 35.1 Å². The van der Waals surface area contributed by atoms with E-state index in [0.29, 0.717) is 24.4 Å². The zero-order chi connectivity index (χ0) is 17.2. The average Bonchev–Trinajstić information content (AvgIpc) is 2.49. The Bertz CT molecular complexity index is 493. The normalized spacial score (nSPS) is 26.8. The molecule has 2 bridgehead atoms. The molecule has 0 spiro atoms. The number of hydrogen-bond donors (Lipinski definition) is 0. The van der Waals surface area contributed by atoms with E-state index in [1.54, 1.807) is 0 Å². The van der Waals surface area contributed by atoms with E-state index in [1.165, 1.54) is 0 Å². The Morgan fingerprint density at radius 1 is 1.00 bits per heavy atom. The van der Waals surface area contributed by atoms with Gasteiger partial charge in [-0.05, 0) is 43.4 Å². The summed E-state index contributed by atoms with van der Waals surface area (Å²) in [6, 6.07) is 0. The van der Waals surface area contributed by atoms with E-state index in [0.717, 1.165) is 25.7 Å². The predicted molar refractivity (Wildman–Crippen MR) is 88.7 cm³/mol. The van der Waals surface area contributed by atoms with Crippen molar-refractivity contribution >= 4 is 11.9 Å². The Morgan fingerprint density at radius 2 is 1.48 bits per heavy atom. The minimum absolute atomic E-state index is 0.151. The second-order valence-electron chi connectivity index (χ2n) is 8.11. The lowest BCUT2D eigenvalue weighted by Crippen LogP contribution is -2.41. The molecule has 0 aliphatic heterocycles. The van der Waals surface area contributed by atoms with Gasteiger partial charge < -0.3 is 9.47 Å². The molecule has 3 aliphatic carbocycles. The van der Waals surface area contributed by atoms with Crippen molar-refractivity contribution in [3.63, 3.8) is 0 Å². The van der Waals surface area contributed by atoms with Gasteiger partial charge in [-0.15, -0.1) is 0 Å². The predicted octanol–water partition coefficient (Wildman–Crippen LogP) is 3.89. The van der Waals surface area contributed by atoms with E-state index >= 15 is 0 Å². The van der Waals surface area contributed by atoms with Crippen molar-refractivity contribution in [1.29, 1.82) is 0 Å². The first-order valence-electron chi connectivity index (χ1n) is 8.83. The van der Waals surface area contributed by atoms with Crippen LogP contribution in [0.3, 0.4) is 0 Å². The molecule has 130 valence electrons. The van der Waals surface area contributed by atoms with Crippen molar-refractivity contribution in [2.75, 3.05) is 13.2 Å². The number of fused-ring (bicyclic) bond motifs is 2. The highest BCUT2D eigenvalue weighted by molar-refractivity contribution is 6.02. The number of carbonyl (C=O) groups is 2. The second-order valence-corrected chi connectivity index (χ2v) is 8.11. The maximum Gasteiger partial charge on any atom is 0.335 e. The van der Waals surface area contributed by atoms with E-state index < -0.39 is 0 Å². The van der Waals surface area contributed by atoms with Crippen LogP contribution in [0.15, 0.2) is 11.1 Å². The van der Waals surface area contributed by atoms with Crippen LogP contribution in [0.1, 0.15) is 60.3 Å². The van der Waals surface area contributed by atoms with Crippen LogP contribution in [-0.4, -0.2) is 25.2 Å². The quantitative estimate of drug-likeness (QED) is 0.696. The van der Waals surface area contributed by atoms with E-state index in [2.05, 4.69) is 6.92 Å². The third-order valence-electron chi connectivity index (χ3n) is 4.89. The van der Waals surface area contributed by atoms with Crippen molar-refractivity contribution in [3.05, 3.63) is 11.1 Å². The minimum atomic E-state index is -0.318. The van der Waals surface area contributed by atoms with Crippen LogP contribution < -0.4 is 0 Å². The first-order valence-corrected chi connectivity index (χ1v) is 8.83. The van der Waals surface area contributed by atoms with Crippen molar-refractivity contribution in [2.45, 2.75) is 60.3 Å². The monoisotopic (exact) mass is 322 g/mol. The maximum atomic E-state index is 12.7. The fraction of sp³-hybridized carbons (Fsp3) is 0.789. The van der Waals surface area contributed by atoms with Crippen molar-refractivity contribution in [3.8, 4) is 0 Å². The molecule has 23 heavy (non-hydrogen) atoms. The molecule has 1 saturated carbocycles. The number of rotatable bonds is 6. The maximum absolute atomic E-state index is 12.7. The molecule has 0 heterocycles. The summed E-state index contributed by atoms with van der Waals surface area (Å²) in [6.07, 6.45) is 3.82. The van der Waals surface area contributed by atoms with E-state index in [1.807, 2.05) is 27.7 Å². The first kappa shape index (κ1) is 18.0. The molecule has 3 aliphatic rings. The molecule has 0 unspecified atom stereocenters. The van der Waals surface area contributed by atoms with Gasteiger partial charge in [-0.1, -0.05) is 34.6 Å². The molecule has 0 aromatic carbocycles. The Labute approximate surface area is 139 Å². The third-order valence-corrected chi connectivity index (χ3v) is 4.89. The Morgan fingerprint density at radius 3 is 1.96 bits per heavy atom. The van der Waals surface area contributed by atoms with E-state index in [4.69, 9.17) is 9.47 Å². The summed E-state index contributed by atoms with van der Waals surface area (Å²) in [5.74, 6) is 0.0859. The van der Waals surface area contributed by atoms with Crippen LogP contribution in [0.4, 0.5) is 0 Å². The lowest BCUT2D eigenvalue weighted by molar-refractivity contribution is -0.146. The summed E-state index contributed by atoms with van der Waals surface area (Å²) in [5, 5.41) is 0. The SMILES string of the molecule is CC(C)COC(=O)C1=C(C(=O)OCC(C)C)C2(C)CCC1CC2. The molecule has 0 N–H and O–H groups in total. The van der Waals surface area contributed by atoms with Gasteiger partial charge in [-0.3, -0.25) is 0 Å². The van der Waals surface area contributed by atoms with E-state index in [9.17, 15) is 9.59 Å². The van der Waals surface area contributed by atoms with Gasteiger partial charge in [0, 0.05) is 5.41 Å². The summed E-state index contributed by atoms with van der Waals surface area (Å²) in [7, 11) is 0. The zero-order valence-electron chi connectivity index (χ0n) is 15.1. The molecule has 3 rings (SSSR count). The van der Waals surface area contributed by atoms with Gasteiger partial charge in [-0.25, -0.2) is 9.59 Å². The van der Waals surface area contributed by atoms with Crippen molar-refractivity contribution < 1.29 is 19.1 Å². The fourth-order valence-corrected chi connectivity index (χ4v) is 3.58. The molecule has 0 radical (unpaired) electrons. The highest BCUT2D eigenvalue weighted by Gasteiger charge is 2.49. The molecule has 0 aromatic heterocycles. The highest BCUT2D eigenvalue weighted by atomic mass is 16.5. The molecule has 4 nitrogen and oxygen atoms in total. The van der Waals surface area contributed by atoms with Crippen LogP contribution in [0.2, 0.25) is 0 Å². The summed E-state index contributed by atoms with van der Waals surface area (Å²) < 4.78 is 10.9. The standard InChI is InChI=1S/C19H30O4/c1-12(2)10-22-17(20)15-14-6-8-19(5,9-7-14)16(15)18(21)23-11-13(3)4/h12-14H,6-11H2,1-5H3. The minimum Gasteiger partial charge on any atom is -0.462 e. The highest BCUT2D eigenvalue weighted by Crippen LogP contribution is 2.53. The van der Waals surface area contributed by atoms with Crippen LogP contribution in [-0.2, 0) is 19.1 Å². The summed E-state index contributed by atoms with van der Waals surface area (Å²) in [4.78, 5) is 25.3. The largest absolute Gasteiger partial charge is 0.462 e. The topological polar surface area (TPSA) is 52.6 Å². The summed E-state index contributed by atoms with van der Waals surface area (Å²) in [5.41, 5.74) is 0.948. The third kappa shape index (κ3) is 3.96. The Kier molecular flexibility index (Phi) is 5.53. The number of esters is 2. The molecule has 0 amide bonds. The number of carbonyl (C=O) groups excluding carboxylic acids is 2. The van der Waals surface area contributed by atoms with Crippen LogP contribution in [0.5, 0.6) is 0 Å². The van der Waals surface area contributed by atoms with Gasteiger partial charge in [0.2, 0.25) is 0 Å². The van der Waals surface area contributed by atoms with Crippen LogP contribution in [0.25, 0.3) is 0 Å². The average molecular weight is 322 g/mol. The summed E-state index contributed by atoms with van der Waals surface area (Å²) in [6.45, 7) is 10.9. The van der Waals surface area contributed by atoms with Gasteiger partial charge in [0.1, 0.15) is 0 Å². The summed E-state index contributed by atoms with van der Waals surface area (Å²) >= 11 is 0. The smallest absolute Gasteiger partial charge is 0.335 e. The first-order chi connectivity index (χ1) is 10.7. The molecular formula is C19H30O4. The van der Waals surface area contributed by atoms with Gasteiger partial charge in [-0.2, -0.15) is 0 Å². The van der Waals surface area contributed by atoms with Crippen molar-refractivity contribution in [2.24, 2.45) is 23.2 Å². The number of ether oxygens (including phenoxy) is 2. The van der Waals surface area contributed by atoms with Gasteiger partial charge in [0.05, 0.1) is 24.4 Å². The zero-order valence-corrected chi connectivity index (χ0v) is 15.1. The molecule has 0 atom stereocenters. The van der Waals surface area contributed by atoms with Crippen LogP contribution in [0, 0.1) is 23.2 Å². The number of hydrogen-bond acceptors (Lipinski definition) is 4.